The zero-order valence-corrected chi connectivity index (χ0v) is 16.9. The van der Waals surface area contributed by atoms with Crippen molar-refractivity contribution in [1.29, 1.82) is 0 Å². The van der Waals surface area contributed by atoms with Gasteiger partial charge in [0.05, 0.1) is 6.26 Å². The summed E-state index contributed by atoms with van der Waals surface area (Å²) in [6, 6.07) is 10.1. The van der Waals surface area contributed by atoms with Gasteiger partial charge in [0, 0.05) is 23.6 Å². The first kappa shape index (κ1) is 21.2. The van der Waals surface area contributed by atoms with Crippen molar-refractivity contribution < 1.29 is 23.5 Å². The smallest absolute Gasteiger partial charge is 0.329 e. The van der Waals surface area contributed by atoms with E-state index in [0.717, 1.165) is 16.5 Å². The van der Waals surface area contributed by atoms with Crippen LogP contribution < -0.4 is 10.6 Å². The van der Waals surface area contributed by atoms with Crippen molar-refractivity contribution in [2.75, 3.05) is 13.2 Å². The van der Waals surface area contributed by atoms with Crippen LogP contribution in [-0.4, -0.2) is 42.0 Å². The number of benzene rings is 1. The molecule has 8 heteroatoms. The molecule has 3 N–H and O–H groups in total. The maximum absolute atomic E-state index is 12.3. The van der Waals surface area contributed by atoms with Crippen LogP contribution in [0.25, 0.3) is 10.9 Å². The molecule has 0 aliphatic heterocycles. The molecule has 8 nitrogen and oxygen atoms in total. The van der Waals surface area contributed by atoms with Gasteiger partial charge in [0.1, 0.15) is 6.04 Å². The number of ether oxygens (including phenoxy) is 1. The molecule has 0 saturated heterocycles. The third-order valence-electron chi connectivity index (χ3n) is 4.69. The molecule has 3 rings (SSSR count). The summed E-state index contributed by atoms with van der Waals surface area (Å²) in [7, 11) is 0. The minimum Gasteiger partial charge on any atom is -0.459 e. The van der Waals surface area contributed by atoms with E-state index < -0.39 is 30.4 Å². The van der Waals surface area contributed by atoms with Crippen molar-refractivity contribution >= 4 is 28.7 Å². The van der Waals surface area contributed by atoms with E-state index in [0.29, 0.717) is 13.0 Å². The quantitative estimate of drug-likeness (QED) is 0.468. The number of hydrogen-bond acceptors (Lipinski definition) is 5. The molecule has 158 valence electrons. The molecule has 2 aromatic heterocycles. The molecule has 0 radical (unpaired) electrons. The second-order valence-electron chi connectivity index (χ2n) is 7.24. The maximum atomic E-state index is 12.3. The number of furan rings is 1. The van der Waals surface area contributed by atoms with Gasteiger partial charge in [-0.3, -0.25) is 9.59 Å². The number of rotatable bonds is 9. The number of aromatic nitrogens is 1. The number of nitrogens with one attached hydrogen (secondary N) is 3. The Kier molecular flexibility index (Phi) is 6.90. The van der Waals surface area contributed by atoms with Crippen LogP contribution in [0, 0.1) is 5.92 Å². The van der Waals surface area contributed by atoms with Gasteiger partial charge in [-0.15, -0.1) is 0 Å². The summed E-state index contributed by atoms with van der Waals surface area (Å²) in [4.78, 5) is 39.7. The van der Waals surface area contributed by atoms with Crippen LogP contribution in [0.5, 0.6) is 0 Å². The molecular formula is C22H25N3O5. The van der Waals surface area contributed by atoms with E-state index in [1.165, 1.54) is 12.3 Å². The molecule has 1 aromatic carbocycles. The van der Waals surface area contributed by atoms with Crippen LogP contribution in [0.1, 0.15) is 30.0 Å². The third kappa shape index (κ3) is 5.28. The van der Waals surface area contributed by atoms with Crippen molar-refractivity contribution in [3.05, 3.63) is 60.2 Å². The van der Waals surface area contributed by atoms with Gasteiger partial charge >= 0.3 is 5.97 Å². The molecule has 1 atom stereocenters. The monoisotopic (exact) mass is 411 g/mol. The van der Waals surface area contributed by atoms with Gasteiger partial charge < -0.3 is 24.8 Å². The van der Waals surface area contributed by atoms with Gasteiger partial charge in [-0.05, 0) is 36.1 Å². The van der Waals surface area contributed by atoms with Crippen LogP contribution in [0.4, 0.5) is 0 Å². The number of carbonyl (C=O) groups excluding carboxylic acids is 3. The fourth-order valence-corrected chi connectivity index (χ4v) is 3.07. The van der Waals surface area contributed by atoms with Crippen molar-refractivity contribution in [1.82, 2.24) is 15.6 Å². The van der Waals surface area contributed by atoms with Crippen molar-refractivity contribution in [3.8, 4) is 0 Å². The van der Waals surface area contributed by atoms with Gasteiger partial charge in [-0.1, -0.05) is 32.0 Å². The number of H-pyrrole nitrogens is 1. The molecule has 3 aromatic rings. The first-order chi connectivity index (χ1) is 14.5. The van der Waals surface area contributed by atoms with E-state index in [1.807, 2.05) is 30.5 Å². The first-order valence-corrected chi connectivity index (χ1v) is 9.78. The largest absolute Gasteiger partial charge is 0.459 e. The Morgan fingerprint density at radius 1 is 1.13 bits per heavy atom. The molecule has 0 aliphatic carbocycles. The van der Waals surface area contributed by atoms with E-state index in [-0.39, 0.29) is 11.7 Å². The molecule has 30 heavy (non-hydrogen) atoms. The highest BCUT2D eigenvalue weighted by Gasteiger charge is 2.27. The standard InChI is InChI=1S/C22H25N3O5/c1-14(2)20(25-21(27)18-8-5-11-29-18)22(28)30-13-19(26)23-10-9-15-12-24-17-7-4-3-6-16(15)17/h3-8,11-12,14,20,24H,9-10,13H2,1-2H3,(H,23,26)(H,25,27)/t20-/m0/s1. The maximum Gasteiger partial charge on any atom is 0.329 e. The molecule has 0 spiro atoms. The normalized spacial score (nSPS) is 12.0. The predicted molar refractivity (Wildman–Crippen MR) is 111 cm³/mol. The second-order valence-corrected chi connectivity index (χ2v) is 7.24. The fraction of sp³-hybridized carbons (Fsp3) is 0.318. The minimum atomic E-state index is -0.887. The molecule has 2 heterocycles. The van der Waals surface area contributed by atoms with E-state index >= 15 is 0 Å². The Hall–Kier alpha value is -3.55. The Bertz CT molecular complexity index is 1010. The summed E-state index contributed by atoms with van der Waals surface area (Å²) in [6.07, 6.45) is 3.95. The highest BCUT2D eigenvalue weighted by molar-refractivity contribution is 5.94. The van der Waals surface area contributed by atoms with Gasteiger partial charge in [0.2, 0.25) is 0 Å². The number of para-hydroxylation sites is 1. The lowest BCUT2D eigenvalue weighted by molar-refractivity contribution is -0.151. The number of esters is 1. The summed E-state index contributed by atoms with van der Waals surface area (Å²) in [5.74, 6) is -1.71. The summed E-state index contributed by atoms with van der Waals surface area (Å²) < 4.78 is 10.1. The van der Waals surface area contributed by atoms with Gasteiger partial charge in [-0.2, -0.15) is 0 Å². The molecule has 0 unspecified atom stereocenters. The Labute approximate surface area is 174 Å². The number of carbonyl (C=O) groups is 3. The van der Waals surface area contributed by atoms with Gasteiger partial charge in [-0.25, -0.2) is 4.79 Å². The number of fused-ring (bicyclic) bond motifs is 1. The summed E-state index contributed by atoms with van der Waals surface area (Å²) >= 11 is 0. The summed E-state index contributed by atoms with van der Waals surface area (Å²) in [6.45, 7) is 3.55. The SMILES string of the molecule is CC(C)[C@H](NC(=O)c1ccco1)C(=O)OCC(=O)NCCc1c[nH]c2ccccc12. The topological polar surface area (TPSA) is 113 Å². The fourth-order valence-electron chi connectivity index (χ4n) is 3.07. The number of aromatic amines is 1. The van der Waals surface area contributed by atoms with E-state index in [4.69, 9.17) is 9.15 Å². The summed E-state index contributed by atoms with van der Waals surface area (Å²) in [5.41, 5.74) is 2.15. The Morgan fingerprint density at radius 3 is 2.67 bits per heavy atom. The first-order valence-electron chi connectivity index (χ1n) is 9.78. The summed E-state index contributed by atoms with van der Waals surface area (Å²) in [5, 5.41) is 6.43. The van der Waals surface area contributed by atoms with Crippen LogP contribution in [0.3, 0.4) is 0 Å². The second kappa shape index (κ2) is 9.78. The highest BCUT2D eigenvalue weighted by atomic mass is 16.5. The van der Waals surface area contributed by atoms with Crippen molar-refractivity contribution in [2.45, 2.75) is 26.3 Å². The van der Waals surface area contributed by atoms with E-state index in [9.17, 15) is 14.4 Å². The molecule has 0 bridgehead atoms. The Balaban J connectivity index is 1.44. The minimum absolute atomic E-state index is 0.100. The van der Waals surface area contributed by atoms with Crippen LogP contribution in [-0.2, 0) is 20.7 Å². The Morgan fingerprint density at radius 2 is 1.93 bits per heavy atom. The van der Waals surface area contributed by atoms with Gasteiger partial charge in [0.25, 0.3) is 11.8 Å². The number of amides is 2. The zero-order chi connectivity index (χ0) is 21.5. The van der Waals surface area contributed by atoms with Crippen molar-refractivity contribution in [2.24, 2.45) is 5.92 Å². The van der Waals surface area contributed by atoms with E-state index in [1.54, 1.807) is 19.9 Å². The molecule has 0 fully saturated rings. The molecule has 0 aliphatic rings. The highest BCUT2D eigenvalue weighted by Crippen LogP contribution is 2.17. The molecule has 2 amide bonds. The van der Waals surface area contributed by atoms with Crippen molar-refractivity contribution in [3.63, 3.8) is 0 Å². The van der Waals surface area contributed by atoms with Crippen LogP contribution >= 0.6 is 0 Å². The molecular weight excluding hydrogens is 386 g/mol. The van der Waals surface area contributed by atoms with E-state index in [2.05, 4.69) is 15.6 Å². The van der Waals surface area contributed by atoms with Crippen LogP contribution in [0.2, 0.25) is 0 Å². The molecule has 0 saturated carbocycles. The van der Waals surface area contributed by atoms with Crippen LogP contribution in [0.15, 0.2) is 53.3 Å². The zero-order valence-electron chi connectivity index (χ0n) is 16.9. The average molecular weight is 411 g/mol. The number of hydrogen-bond donors (Lipinski definition) is 3. The average Bonchev–Trinajstić information content (AvgIpc) is 3.40. The lowest BCUT2D eigenvalue weighted by atomic mass is 10.0. The lowest BCUT2D eigenvalue weighted by Crippen LogP contribution is -2.46. The predicted octanol–water partition coefficient (Wildman–Crippen LogP) is 2.42. The third-order valence-corrected chi connectivity index (χ3v) is 4.69. The van der Waals surface area contributed by atoms with Gasteiger partial charge in [0.15, 0.2) is 12.4 Å². The lowest BCUT2D eigenvalue weighted by Gasteiger charge is -2.20.